The molecule has 0 atom stereocenters. The van der Waals surface area contributed by atoms with Crippen molar-refractivity contribution in [2.45, 2.75) is 13.5 Å². The maximum Gasteiger partial charge on any atom is 0.255 e. The molecule has 29 heavy (non-hydrogen) atoms. The number of hydrogen-bond acceptors (Lipinski definition) is 3. The number of hydrogen-bond donors (Lipinski definition) is 1. The van der Waals surface area contributed by atoms with Crippen molar-refractivity contribution in [3.8, 4) is 0 Å². The van der Waals surface area contributed by atoms with Gasteiger partial charge in [0.25, 0.3) is 5.91 Å². The standard InChI is InChI=1S/C22H21ClN2O3S/c1-16-5-3-8-21(13-16)25(29(2,27)28)15-17-9-11-18(12-10-17)22(26)24-20-7-4-6-19(23)14-20/h3-14H,15H2,1-2H3,(H,24,26). The Morgan fingerprint density at radius 2 is 1.69 bits per heavy atom. The van der Waals surface area contributed by atoms with Crippen LogP contribution in [0.15, 0.2) is 72.8 Å². The zero-order valence-electron chi connectivity index (χ0n) is 16.1. The summed E-state index contributed by atoms with van der Waals surface area (Å²) in [6.45, 7) is 2.09. The fourth-order valence-electron chi connectivity index (χ4n) is 2.88. The lowest BCUT2D eigenvalue weighted by atomic mass is 10.1. The third-order valence-corrected chi connectivity index (χ3v) is 5.69. The molecule has 0 saturated heterocycles. The van der Waals surface area contributed by atoms with E-state index >= 15 is 0 Å². The number of nitrogens with one attached hydrogen (secondary N) is 1. The van der Waals surface area contributed by atoms with Gasteiger partial charge in [-0.3, -0.25) is 9.10 Å². The second-order valence-electron chi connectivity index (χ2n) is 6.77. The van der Waals surface area contributed by atoms with E-state index in [9.17, 15) is 13.2 Å². The van der Waals surface area contributed by atoms with Crippen LogP contribution in [0, 0.1) is 6.92 Å². The first-order chi connectivity index (χ1) is 13.7. The van der Waals surface area contributed by atoms with Crippen molar-refractivity contribution in [1.29, 1.82) is 0 Å². The first-order valence-corrected chi connectivity index (χ1v) is 11.2. The normalized spacial score (nSPS) is 11.1. The lowest BCUT2D eigenvalue weighted by Crippen LogP contribution is -2.29. The van der Waals surface area contributed by atoms with Crippen LogP contribution in [-0.4, -0.2) is 20.6 Å². The van der Waals surface area contributed by atoms with Gasteiger partial charge < -0.3 is 5.32 Å². The summed E-state index contributed by atoms with van der Waals surface area (Å²) in [4.78, 5) is 12.4. The van der Waals surface area contributed by atoms with E-state index in [-0.39, 0.29) is 12.5 Å². The molecule has 0 spiro atoms. The van der Waals surface area contributed by atoms with Crippen molar-refractivity contribution in [2.75, 3.05) is 15.9 Å². The molecule has 5 nitrogen and oxygen atoms in total. The maximum absolute atomic E-state index is 12.4. The Bertz CT molecular complexity index is 1130. The van der Waals surface area contributed by atoms with Crippen LogP contribution in [0.25, 0.3) is 0 Å². The molecule has 0 fully saturated rings. The summed E-state index contributed by atoms with van der Waals surface area (Å²) in [6.07, 6.45) is 1.18. The van der Waals surface area contributed by atoms with Gasteiger partial charge in [0.05, 0.1) is 18.5 Å². The molecule has 1 N–H and O–H groups in total. The van der Waals surface area contributed by atoms with Crippen molar-refractivity contribution in [2.24, 2.45) is 0 Å². The molecular formula is C22H21ClN2O3S. The number of nitrogens with zero attached hydrogens (tertiary/aromatic N) is 1. The van der Waals surface area contributed by atoms with Crippen molar-refractivity contribution in [3.05, 3.63) is 94.5 Å². The average Bonchev–Trinajstić information content (AvgIpc) is 2.65. The molecule has 150 valence electrons. The molecule has 0 saturated carbocycles. The van der Waals surface area contributed by atoms with Crippen LogP contribution in [-0.2, 0) is 16.6 Å². The molecule has 7 heteroatoms. The van der Waals surface area contributed by atoms with Crippen LogP contribution in [0.2, 0.25) is 5.02 Å². The Balaban J connectivity index is 1.77. The maximum atomic E-state index is 12.4. The van der Waals surface area contributed by atoms with Crippen molar-refractivity contribution >= 4 is 38.9 Å². The van der Waals surface area contributed by atoms with E-state index in [0.717, 1.165) is 11.1 Å². The monoisotopic (exact) mass is 428 g/mol. The molecule has 0 aliphatic heterocycles. The molecule has 0 radical (unpaired) electrons. The van der Waals surface area contributed by atoms with Gasteiger partial charge in [-0.15, -0.1) is 0 Å². The van der Waals surface area contributed by atoms with E-state index in [1.165, 1.54) is 10.6 Å². The predicted molar refractivity (Wildman–Crippen MR) is 118 cm³/mol. The molecule has 3 aromatic rings. The second kappa shape index (κ2) is 8.68. The van der Waals surface area contributed by atoms with E-state index in [1.54, 1.807) is 54.6 Å². The van der Waals surface area contributed by atoms with Gasteiger partial charge in [0.15, 0.2) is 0 Å². The highest BCUT2D eigenvalue weighted by Crippen LogP contribution is 2.22. The van der Waals surface area contributed by atoms with Gasteiger partial charge in [-0.1, -0.05) is 41.9 Å². The van der Waals surface area contributed by atoms with Gasteiger partial charge in [0.1, 0.15) is 0 Å². The number of aryl methyl sites for hydroxylation is 1. The van der Waals surface area contributed by atoms with Crippen LogP contribution in [0.3, 0.4) is 0 Å². The summed E-state index contributed by atoms with van der Waals surface area (Å²) < 4.78 is 26.0. The molecule has 3 rings (SSSR count). The van der Waals surface area contributed by atoms with E-state index < -0.39 is 10.0 Å². The molecule has 1 amide bonds. The Morgan fingerprint density at radius 3 is 2.31 bits per heavy atom. The van der Waals surface area contributed by atoms with Gasteiger partial charge in [0, 0.05) is 16.3 Å². The number of rotatable bonds is 6. The number of amides is 1. The third-order valence-electron chi connectivity index (χ3n) is 4.31. The molecule has 3 aromatic carbocycles. The number of sulfonamides is 1. The fraction of sp³-hybridized carbons (Fsp3) is 0.136. The van der Waals surface area contributed by atoms with E-state index in [0.29, 0.717) is 22.0 Å². The molecule has 0 aliphatic rings. The highest BCUT2D eigenvalue weighted by Gasteiger charge is 2.18. The Hall–Kier alpha value is -2.83. The van der Waals surface area contributed by atoms with E-state index in [1.807, 2.05) is 25.1 Å². The van der Waals surface area contributed by atoms with E-state index in [4.69, 9.17) is 11.6 Å². The summed E-state index contributed by atoms with van der Waals surface area (Å²) in [5.41, 5.74) is 3.43. The number of anilines is 2. The zero-order chi connectivity index (χ0) is 21.0. The number of carbonyl (C=O) groups excluding carboxylic acids is 1. The lowest BCUT2D eigenvalue weighted by molar-refractivity contribution is 0.102. The highest BCUT2D eigenvalue weighted by atomic mass is 35.5. The Kier molecular flexibility index (Phi) is 6.25. The Labute approximate surface area is 176 Å². The van der Waals surface area contributed by atoms with Crippen LogP contribution >= 0.6 is 11.6 Å². The second-order valence-corrected chi connectivity index (χ2v) is 9.11. The van der Waals surface area contributed by atoms with Crippen molar-refractivity contribution in [1.82, 2.24) is 0 Å². The van der Waals surface area contributed by atoms with E-state index in [2.05, 4.69) is 5.32 Å². The summed E-state index contributed by atoms with van der Waals surface area (Å²) in [7, 11) is -3.46. The Morgan fingerprint density at radius 1 is 1.00 bits per heavy atom. The summed E-state index contributed by atoms with van der Waals surface area (Å²) in [5.74, 6) is -0.266. The summed E-state index contributed by atoms with van der Waals surface area (Å²) in [6, 6.07) is 21.1. The lowest BCUT2D eigenvalue weighted by Gasteiger charge is -2.23. The predicted octanol–water partition coefficient (Wildman–Crippen LogP) is 4.87. The van der Waals surface area contributed by atoms with Crippen molar-refractivity contribution in [3.63, 3.8) is 0 Å². The summed E-state index contributed by atoms with van der Waals surface area (Å²) >= 11 is 5.94. The number of benzene rings is 3. The molecule has 0 unspecified atom stereocenters. The first kappa shape index (κ1) is 20.9. The number of carbonyl (C=O) groups is 1. The average molecular weight is 429 g/mol. The minimum absolute atomic E-state index is 0.179. The van der Waals surface area contributed by atoms with Crippen LogP contribution in [0.4, 0.5) is 11.4 Å². The first-order valence-electron chi connectivity index (χ1n) is 8.92. The summed E-state index contributed by atoms with van der Waals surface area (Å²) in [5, 5.41) is 3.32. The topological polar surface area (TPSA) is 66.5 Å². The smallest absolute Gasteiger partial charge is 0.255 e. The third kappa shape index (κ3) is 5.59. The van der Waals surface area contributed by atoms with Gasteiger partial charge in [-0.25, -0.2) is 8.42 Å². The molecule has 0 aliphatic carbocycles. The quantitative estimate of drug-likeness (QED) is 0.609. The number of halogens is 1. The highest BCUT2D eigenvalue weighted by molar-refractivity contribution is 7.92. The largest absolute Gasteiger partial charge is 0.322 e. The van der Waals surface area contributed by atoms with Crippen LogP contribution in [0.5, 0.6) is 0 Å². The van der Waals surface area contributed by atoms with Crippen LogP contribution < -0.4 is 9.62 Å². The minimum atomic E-state index is -3.46. The molecular weight excluding hydrogens is 408 g/mol. The SMILES string of the molecule is Cc1cccc(N(Cc2ccc(C(=O)Nc3cccc(Cl)c3)cc2)S(C)(=O)=O)c1. The molecule has 0 heterocycles. The van der Waals surface area contributed by atoms with Gasteiger partial charge in [-0.2, -0.15) is 0 Å². The van der Waals surface area contributed by atoms with Gasteiger partial charge in [-0.05, 0) is 60.5 Å². The molecule has 0 bridgehead atoms. The molecule has 0 aromatic heterocycles. The van der Waals surface area contributed by atoms with Crippen LogP contribution in [0.1, 0.15) is 21.5 Å². The minimum Gasteiger partial charge on any atom is -0.322 e. The van der Waals surface area contributed by atoms with Gasteiger partial charge in [0.2, 0.25) is 10.0 Å². The zero-order valence-corrected chi connectivity index (χ0v) is 17.7. The van der Waals surface area contributed by atoms with Gasteiger partial charge >= 0.3 is 0 Å². The van der Waals surface area contributed by atoms with Crippen molar-refractivity contribution < 1.29 is 13.2 Å². The fourth-order valence-corrected chi connectivity index (χ4v) is 3.95.